The van der Waals surface area contributed by atoms with E-state index in [0.717, 1.165) is 16.9 Å². The lowest BCUT2D eigenvalue weighted by atomic mass is 10.2. The second-order valence-corrected chi connectivity index (χ2v) is 4.99. The second kappa shape index (κ2) is 7.09. The van der Waals surface area contributed by atoms with Crippen LogP contribution in [0.25, 0.3) is 0 Å². The molecule has 1 amide bonds. The van der Waals surface area contributed by atoms with Crippen LogP contribution in [0.4, 0.5) is 15.8 Å². The van der Waals surface area contributed by atoms with E-state index in [2.05, 4.69) is 10.6 Å². The molecule has 2 aromatic carbocycles. The van der Waals surface area contributed by atoms with E-state index in [9.17, 15) is 9.18 Å². The normalized spacial score (nSPS) is 10.2. The Kier molecular flexibility index (Phi) is 5.17. The molecule has 0 aliphatic heterocycles. The molecule has 0 saturated carbocycles. The number of nitrogens with one attached hydrogen (secondary N) is 2. The Morgan fingerprint density at radius 2 is 1.81 bits per heavy atom. The van der Waals surface area contributed by atoms with E-state index in [0.29, 0.717) is 13.0 Å². The van der Waals surface area contributed by atoms with Gasteiger partial charge in [0.2, 0.25) is 5.91 Å². The Labute approximate surface area is 128 Å². The van der Waals surface area contributed by atoms with Gasteiger partial charge in [-0.2, -0.15) is 0 Å². The van der Waals surface area contributed by atoms with Gasteiger partial charge in [-0.25, -0.2) is 4.39 Å². The Morgan fingerprint density at radius 3 is 2.43 bits per heavy atom. The van der Waals surface area contributed by atoms with Crippen molar-refractivity contribution in [1.29, 1.82) is 0 Å². The fourth-order valence-corrected chi connectivity index (χ4v) is 1.98. The van der Waals surface area contributed by atoms with E-state index in [1.54, 1.807) is 19.1 Å². The quantitative estimate of drug-likeness (QED) is 0.857. The third-order valence-corrected chi connectivity index (χ3v) is 3.26. The molecule has 21 heavy (non-hydrogen) atoms. The molecule has 2 aromatic rings. The molecule has 0 spiro atoms. The molecule has 0 aliphatic carbocycles. The van der Waals surface area contributed by atoms with Crippen LogP contribution in [0.3, 0.4) is 0 Å². The molecular formula is C16H16ClFN2O. The monoisotopic (exact) mass is 306 g/mol. The van der Waals surface area contributed by atoms with Crippen molar-refractivity contribution in [3.63, 3.8) is 0 Å². The number of anilines is 2. The summed E-state index contributed by atoms with van der Waals surface area (Å²) in [5.41, 5.74) is 2.56. The van der Waals surface area contributed by atoms with E-state index in [-0.39, 0.29) is 10.9 Å². The molecule has 0 saturated heterocycles. The van der Waals surface area contributed by atoms with Crippen LogP contribution in [0, 0.1) is 5.82 Å². The predicted molar refractivity (Wildman–Crippen MR) is 84.1 cm³/mol. The van der Waals surface area contributed by atoms with Crippen LogP contribution in [0.2, 0.25) is 5.02 Å². The van der Waals surface area contributed by atoms with Gasteiger partial charge in [0.25, 0.3) is 0 Å². The third-order valence-electron chi connectivity index (χ3n) is 2.97. The molecule has 0 atom stereocenters. The van der Waals surface area contributed by atoms with Crippen molar-refractivity contribution in [1.82, 2.24) is 0 Å². The van der Waals surface area contributed by atoms with Gasteiger partial charge in [-0.3, -0.25) is 4.79 Å². The molecule has 0 bridgehead atoms. The minimum absolute atomic E-state index is 0.0170. The number of hydrogen-bond donors (Lipinski definition) is 2. The standard InChI is InChI=1S/C16H16ClFN2O/c1-2-16(21)20-13-6-4-12(5-7-13)19-10-11-3-8-15(18)14(17)9-11/h3-9,19H,2,10H2,1H3,(H,20,21). The van der Waals surface area contributed by atoms with Gasteiger partial charge in [-0.1, -0.05) is 24.6 Å². The topological polar surface area (TPSA) is 41.1 Å². The van der Waals surface area contributed by atoms with Crippen molar-refractivity contribution in [2.24, 2.45) is 0 Å². The van der Waals surface area contributed by atoms with Gasteiger partial charge in [-0.15, -0.1) is 0 Å². The van der Waals surface area contributed by atoms with Gasteiger partial charge < -0.3 is 10.6 Å². The lowest BCUT2D eigenvalue weighted by molar-refractivity contribution is -0.115. The molecule has 0 radical (unpaired) electrons. The van der Waals surface area contributed by atoms with Crippen molar-refractivity contribution < 1.29 is 9.18 Å². The zero-order chi connectivity index (χ0) is 15.2. The van der Waals surface area contributed by atoms with Crippen LogP contribution in [-0.4, -0.2) is 5.91 Å². The maximum absolute atomic E-state index is 13.1. The molecule has 0 fully saturated rings. The first-order valence-electron chi connectivity index (χ1n) is 6.66. The Morgan fingerprint density at radius 1 is 1.14 bits per heavy atom. The molecule has 0 aromatic heterocycles. The maximum Gasteiger partial charge on any atom is 0.224 e. The summed E-state index contributed by atoms with van der Waals surface area (Å²) >= 11 is 5.74. The number of hydrogen-bond acceptors (Lipinski definition) is 2. The highest BCUT2D eigenvalue weighted by molar-refractivity contribution is 6.30. The fraction of sp³-hybridized carbons (Fsp3) is 0.188. The summed E-state index contributed by atoms with van der Waals surface area (Å²) in [6, 6.07) is 12.0. The van der Waals surface area contributed by atoms with E-state index in [1.165, 1.54) is 6.07 Å². The largest absolute Gasteiger partial charge is 0.381 e. The van der Waals surface area contributed by atoms with E-state index in [1.807, 2.05) is 24.3 Å². The molecule has 5 heteroatoms. The number of rotatable bonds is 5. The van der Waals surface area contributed by atoms with E-state index >= 15 is 0 Å². The van der Waals surface area contributed by atoms with E-state index < -0.39 is 5.82 Å². The van der Waals surface area contributed by atoms with Gasteiger partial charge in [0.15, 0.2) is 0 Å². The lowest BCUT2D eigenvalue weighted by Crippen LogP contribution is -2.09. The highest BCUT2D eigenvalue weighted by Crippen LogP contribution is 2.18. The minimum Gasteiger partial charge on any atom is -0.381 e. The minimum atomic E-state index is -0.420. The summed E-state index contributed by atoms with van der Waals surface area (Å²) in [7, 11) is 0. The smallest absolute Gasteiger partial charge is 0.224 e. The number of benzene rings is 2. The first-order valence-corrected chi connectivity index (χ1v) is 7.04. The predicted octanol–water partition coefficient (Wildman–Crippen LogP) is 4.44. The summed E-state index contributed by atoms with van der Waals surface area (Å²) < 4.78 is 13.1. The van der Waals surface area contributed by atoms with Crippen molar-refractivity contribution in [2.75, 3.05) is 10.6 Å². The molecule has 0 aliphatic rings. The van der Waals surface area contributed by atoms with Gasteiger partial charge in [-0.05, 0) is 42.0 Å². The summed E-state index contributed by atoms with van der Waals surface area (Å²) in [6.07, 6.45) is 0.450. The van der Waals surface area contributed by atoms with Crippen LogP contribution in [0.15, 0.2) is 42.5 Å². The van der Waals surface area contributed by atoms with Crippen molar-refractivity contribution >= 4 is 28.9 Å². The summed E-state index contributed by atoms with van der Waals surface area (Å²) in [5.74, 6) is -0.437. The van der Waals surface area contributed by atoms with Crippen molar-refractivity contribution in [3.8, 4) is 0 Å². The van der Waals surface area contributed by atoms with Crippen LogP contribution in [0.1, 0.15) is 18.9 Å². The summed E-state index contributed by atoms with van der Waals surface area (Å²) in [6.45, 7) is 2.35. The molecule has 2 rings (SSSR count). The first-order chi connectivity index (χ1) is 10.1. The number of carbonyl (C=O) groups excluding carboxylic acids is 1. The van der Waals surface area contributed by atoms with Gasteiger partial charge >= 0.3 is 0 Å². The van der Waals surface area contributed by atoms with E-state index in [4.69, 9.17) is 11.6 Å². The number of carbonyl (C=O) groups is 1. The van der Waals surface area contributed by atoms with Crippen LogP contribution < -0.4 is 10.6 Å². The van der Waals surface area contributed by atoms with Crippen LogP contribution in [0.5, 0.6) is 0 Å². The Balaban J connectivity index is 1.94. The third kappa shape index (κ3) is 4.46. The molecule has 3 nitrogen and oxygen atoms in total. The van der Waals surface area contributed by atoms with Gasteiger partial charge in [0.1, 0.15) is 5.82 Å². The average Bonchev–Trinajstić information content (AvgIpc) is 2.50. The average molecular weight is 307 g/mol. The highest BCUT2D eigenvalue weighted by Gasteiger charge is 2.02. The van der Waals surface area contributed by atoms with Gasteiger partial charge in [0, 0.05) is 24.3 Å². The highest BCUT2D eigenvalue weighted by atomic mass is 35.5. The zero-order valence-corrected chi connectivity index (χ0v) is 12.4. The Hall–Kier alpha value is -2.07. The SMILES string of the molecule is CCC(=O)Nc1ccc(NCc2ccc(F)c(Cl)c2)cc1. The molecule has 2 N–H and O–H groups in total. The molecule has 0 heterocycles. The molecular weight excluding hydrogens is 291 g/mol. The first kappa shape index (κ1) is 15.3. The van der Waals surface area contributed by atoms with Crippen LogP contribution in [-0.2, 0) is 11.3 Å². The fourth-order valence-electron chi connectivity index (χ4n) is 1.77. The number of amides is 1. The van der Waals surface area contributed by atoms with Gasteiger partial charge in [0.05, 0.1) is 5.02 Å². The van der Waals surface area contributed by atoms with Crippen molar-refractivity contribution in [3.05, 3.63) is 58.9 Å². The molecule has 0 unspecified atom stereocenters. The zero-order valence-electron chi connectivity index (χ0n) is 11.6. The Bertz CT molecular complexity index is 629. The maximum atomic E-state index is 13.1. The summed E-state index contributed by atoms with van der Waals surface area (Å²) in [4.78, 5) is 11.3. The number of halogens is 2. The lowest BCUT2D eigenvalue weighted by Gasteiger charge is -2.09. The second-order valence-electron chi connectivity index (χ2n) is 4.58. The molecule has 110 valence electrons. The van der Waals surface area contributed by atoms with Crippen LogP contribution >= 0.6 is 11.6 Å². The van der Waals surface area contributed by atoms with Crippen molar-refractivity contribution in [2.45, 2.75) is 19.9 Å². The summed E-state index contributed by atoms with van der Waals surface area (Å²) in [5, 5.41) is 6.11.